The second kappa shape index (κ2) is 9.01. The van der Waals surface area contributed by atoms with Gasteiger partial charge in [0.1, 0.15) is 0 Å². The van der Waals surface area contributed by atoms with Crippen molar-refractivity contribution < 1.29 is 106 Å². The van der Waals surface area contributed by atoms with Crippen LogP contribution in [0.2, 0.25) is 0 Å². The van der Waals surface area contributed by atoms with Gasteiger partial charge in [0.15, 0.2) is 0 Å². The van der Waals surface area contributed by atoms with Crippen molar-refractivity contribution in [2.24, 2.45) is 0 Å². The van der Waals surface area contributed by atoms with Crippen molar-refractivity contribution in [3.63, 3.8) is 0 Å². The Morgan fingerprint density at radius 2 is 0.694 bits per heavy atom. The van der Waals surface area contributed by atoms with Gasteiger partial charge < -0.3 is 4.74 Å². The molecule has 0 rings (SSSR count). The highest BCUT2D eigenvalue weighted by Crippen LogP contribution is 2.59. The number of hydrogen-bond donors (Lipinski definition) is 0. The minimum absolute atomic E-state index is 0.255. The maximum absolute atomic E-state index is 13.9. The molecule has 24 heteroatoms. The smallest absolute Gasteiger partial charge is 0.316 e. The maximum atomic E-state index is 13.9. The Hall–Kier alpha value is -1.59. The van der Waals surface area contributed by atoms with Crippen molar-refractivity contribution in [2.75, 3.05) is 6.61 Å². The average molecular weight is 596 g/mol. The molecule has 0 aliphatic carbocycles. The molecule has 0 aromatic carbocycles. The molecule has 0 saturated heterocycles. The minimum atomic E-state index is -8.47. The van der Waals surface area contributed by atoms with Crippen LogP contribution in [-0.2, 0) is 14.2 Å². The number of ether oxygens (including phenoxy) is 3. The zero-order valence-corrected chi connectivity index (χ0v) is 15.9. The normalized spacial score (nSPS) is 19.2. The SMILES string of the molecule is CCOC(F)(F)C(F)(OC(F)(F)C(F)(OC(F)(F)C(F)(F)C(F)(F)C(F)(F)F)C(F)(F)F)C(F)(F)F. The molecule has 36 heavy (non-hydrogen) atoms. The van der Waals surface area contributed by atoms with Crippen LogP contribution in [0, 0.1) is 0 Å². The lowest BCUT2D eigenvalue weighted by atomic mass is 10.1. The summed E-state index contributed by atoms with van der Waals surface area (Å²) >= 11 is 0. The topological polar surface area (TPSA) is 27.7 Å². The summed E-state index contributed by atoms with van der Waals surface area (Å²) in [5, 5.41) is 0. The largest absolute Gasteiger partial charge is 0.460 e. The predicted molar refractivity (Wildman–Crippen MR) is 64.4 cm³/mol. The molecule has 2 unspecified atom stereocenters. The Morgan fingerprint density at radius 3 is 0.972 bits per heavy atom. The summed E-state index contributed by atoms with van der Waals surface area (Å²) in [4.78, 5) is 0. The summed E-state index contributed by atoms with van der Waals surface area (Å²) < 4.78 is 276. The van der Waals surface area contributed by atoms with Crippen LogP contribution in [0.15, 0.2) is 0 Å². The molecule has 0 N–H and O–H groups in total. The molecule has 0 fully saturated rings. The number of rotatable bonds is 10. The molecule has 0 aliphatic heterocycles. The molecule has 0 aliphatic rings. The lowest BCUT2D eigenvalue weighted by Crippen LogP contribution is -2.70. The van der Waals surface area contributed by atoms with Crippen LogP contribution in [-0.4, -0.2) is 67.0 Å². The first-order valence-corrected chi connectivity index (χ1v) is 7.74. The van der Waals surface area contributed by atoms with Gasteiger partial charge in [0.25, 0.3) is 0 Å². The molecule has 0 heterocycles. The Bertz CT molecular complexity index is 766. The van der Waals surface area contributed by atoms with Crippen LogP contribution in [0.25, 0.3) is 0 Å². The third-order valence-electron chi connectivity index (χ3n) is 3.46. The van der Waals surface area contributed by atoms with Crippen LogP contribution in [0.1, 0.15) is 6.92 Å². The first-order chi connectivity index (χ1) is 15.2. The summed E-state index contributed by atoms with van der Waals surface area (Å²) in [5.74, 6) is -32.8. The van der Waals surface area contributed by atoms with Gasteiger partial charge in [-0.15, -0.1) is 0 Å². The zero-order valence-electron chi connectivity index (χ0n) is 15.9. The lowest BCUT2D eigenvalue weighted by Gasteiger charge is -2.42. The van der Waals surface area contributed by atoms with Gasteiger partial charge in [-0.25, -0.2) is 0 Å². The van der Waals surface area contributed by atoms with Gasteiger partial charge in [-0.3, -0.25) is 9.47 Å². The van der Waals surface area contributed by atoms with E-state index in [9.17, 15) is 92.2 Å². The van der Waals surface area contributed by atoms with E-state index in [0.717, 1.165) is 4.74 Å². The molecular weight excluding hydrogens is 591 g/mol. The van der Waals surface area contributed by atoms with Crippen LogP contribution in [0.4, 0.5) is 92.2 Å². The standard InChI is InChI=1S/C12H5F21O3/c1-2-34-11(30,31)5(17,8(22,23)24)36-12(32,33)6(18,9(25,26)27)35-10(28,29)4(15,16)3(13,14)7(19,20)21/h2H2,1H3. The summed E-state index contributed by atoms with van der Waals surface area (Å²) in [6, 6.07) is 0. The molecule has 2 atom stereocenters. The van der Waals surface area contributed by atoms with E-state index in [1.165, 1.54) is 4.74 Å². The van der Waals surface area contributed by atoms with E-state index in [0.29, 0.717) is 0 Å². The van der Waals surface area contributed by atoms with Gasteiger partial charge in [0.2, 0.25) is 0 Å². The average Bonchev–Trinajstić information content (AvgIpc) is 2.57. The summed E-state index contributed by atoms with van der Waals surface area (Å²) in [7, 11) is 0. The highest BCUT2D eigenvalue weighted by atomic mass is 19.4. The minimum Gasteiger partial charge on any atom is -0.316 e. The van der Waals surface area contributed by atoms with E-state index >= 15 is 0 Å². The third kappa shape index (κ3) is 5.34. The van der Waals surface area contributed by atoms with Gasteiger partial charge in [-0.05, 0) is 6.92 Å². The summed E-state index contributed by atoms with van der Waals surface area (Å²) in [6.45, 7) is -1.57. The fourth-order valence-corrected chi connectivity index (χ4v) is 1.68. The van der Waals surface area contributed by atoms with Crippen molar-refractivity contribution in [1.82, 2.24) is 0 Å². The summed E-state index contributed by atoms with van der Waals surface area (Å²) in [5.41, 5.74) is 0. The van der Waals surface area contributed by atoms with E-state index in [-0.39, 0.29) is 6.92 Å². The van der Waals surface area contributed by atoms with Crippen molar-refractivity contribution in [2.45, 2.75) is 67.3 Å². The van der Waals surface area contributed by atoms with Crippen molar-refractivity contribution >= 4 is 0 Å². The molecule has 0 amide bonds. The molecule has 0 radical (unpaired) electrons. The highest BCUT2D eigenvalue weighted by Gasteiger charge is 2.89. The maximum Gasteiger partial charge on any atom is 0.460 e. The Balaban J connectivity index is 7.00. The molecule has 218 valence electrons. The Morgan fingerprint density at radius 1 is 0.389 bits per heavy atom. The Kier molecular flexibility index (Phi) is 8.61. The molecule has 0 bridgehead atoms. The lowest BCUT2D eigenvalue weighted by molar-refractivity contribution is -0.572. The van der Waals surface area contributed by atoms with Crippen LogP contribution in [0.3, 0.4) is 0 Å². The third-order valence-corrected chi connectivity index (χ3v) is 3.46. The van der Waals surface area contributed by atoms with E-state index in [2.05, 4.69) is 4.74 Å². The van der Waals surface area contributed by atoms with Crippen molar-refractivity contribution in [3.8, 4) is 0 Å². The fraction of sp³-hybridized carbons (Fsp3) is 1.00. The predicted octanol–water partition coefficient (Wildman–Crippen LogP) is 7.12. The molecular formula is C12H5F21O3. The molecule has 0 spiro atoms. The molecule has 0 aromatic heterocycles. The number of halogens is 21. The van der Waals surface area contributed by atoms with Crippen LogP contribution < -0.4 is 0 Å². The van der Waals surface area contributed by atoms with Crippen molar-refractivity contribution in [3.05, 3.63) is 0 Å². The van der Waals surface area contributed by atoms with Crippen LogP contribution in [0.5, 0.6) is 0 Å². The van der Waals surface area contributed by atoms with Gasteiger partial charge in [0.05, 0.1) is 6.61 Å². The second-order valence-electron chi connectivity index (χ2n) is 6.02. The second-order valence-corrected chi connectivity index (χ2v) is 6.02. The number of alkyl halides is 21. The van der Waals surface area contributed by atoms with Gasteiger partial charge in [-0.1, -0.05) is 0 Å². The van der Waals surface area contributed by atoms with Gasteiger partial charge >= 0.3 is 60.4 Å². The van der Waals surface area contributed by atoms with E-state index in [1.807, 2.05) is 0 Å². The molecule has 0 saturated carbocycles. The van der Waals surface area contributed by atoms with E-state index in [1.54, 1.807) is 0 Å². The first-order valence-electron chi connectivity index (χ1n) is 7.74. The van der Waals surface area contributed by atoms with Gasteiger partial charge in [0, 0.05) is 0 Å². The fourth-order valence-electron chi connectivity index (χ4n) is 1.68. The first kappa shape index (κ1) is 34.4. The Labute approximate surface area is 182 Å². The van der Waals surface area contributed by atoms with Gasteiger partial charge in [-0.2, -0.15) is 92.2 Å². The summed E-state index contributed by atoms with van der Waals surface area (Å²) in [6.07, 6.45) is -47.5. The molecule has 3 nitrogen and oxygen atoms in total. The quantitative estimate of drug-likeness (QED) is 0.252. The highest BCUT2D eigenvalue weighted by molar-refractivity contribution is 5.00. The number of hydrogen-bond acceptors (Lipinski definition) is 3. The van der Waals surface area contributed by atoms with Crippen molar-refractivity contribution in [1.29, 1.82) is 0 Å². The zero-order chi connectivity index (χ0) is 29.8. The van der Waals surface area contributed by atoms with E-state index in [4.69, 9.17) is 0 Å². The van der Waals surface area contributed by atoms with Crippen LogP contribution >= 0.6 is 0 Å². The molecule has 0 aromatic rings. The van der Waals surface area contributed by atoms with E-state index < -0.39 is 67.0 Å². The monoisotopic (exact) mass is 596 g/mol.